The summed E-state index contributed by atoms with van der Waals surface area (Å²) in [5, 5.41) is 9.14. The van der Waals surface area contributed by atoms with E-state index in [2.05, 4.69) is 0 Å². The van der Waals surface area contributed by atoms with E-state index in [-0.39, 0.29) is 17.4 Å². The number of nitrogen functional groups attached to an aromatic ring is 1. The molecule has 0 amide bonds. The van der Waals surface area contributed by atoms with Crippen LogP contribution in [0, 0.1) is 0 Å². The molecule has 1 rings (SSSR count). The third kappa shape index (κ3) is 1.42. The molecular weight excluding hydrogens is 158 g/mol. The van der Waals surface area contributed by atoms with E-state index in [9.17, 15) is 4.79 Å². The molecule has 1 aromatic rings. The van der Waals surface area contributed by atoms with Crippen molar-refractivity contribution < 1.29 is 9.52 Å². The van der Waals surface area contributed by atoms with Gasteiger partial charge in [-0.15, -0.1) is 0 Å². The molecule has 0 fully saturated rings. The van der Waals surface area contributed by atoms with Gasteiger partial charge in [-0.25, -0.2) is 4.79 Å². The zero-order valence-electron chi connectivity index (χ0n) is 7.00. The molecule has 0 unspecified atom stereocenters. The van der Waals surface area contributed by atoms with Crippen LogP contribution in [0.3, 0.4) is 0 Å². The summed E-state index contributed by atoms with van der Waals surface area (Å²) >= 11 is 0. The molecule has 0 bridgehead atoms. The highest BCUT2D eigenvalue weighted by molar-refractivity contribution is 5.48. The van der Waals surface area contributed by atoms with Crippen molar-refractivity contribution in [3.05, 3.63) is 22.2 Å². The Morgan fingerprint density at radius 1 is 1.58 bits per heavy atom. The van der Waals surface area contributed by atoms with Crippen molar-refractivity contribution >= 4 is 5.69 Å². The Bertz CT molecular complexity index is 341. The van der Waals surface area contributed by atoms with Crippen LogP contribution in [0.15, 0.2) is 15.3 Å². The maximum Gasteiger partial charge on any atom is 0.363 e. The lowest BCUT2D eigenvalue weighted by atomic mass is 10.1. The molecule has 4 nitrogen and oxygen atoms in total. The highest BCUT2D eigenvalue weighted by Gasteiger charge is 2.09. The van der Waals surface area contributed by atoms with Crippen LogP contribution >= 0.6 is 0 Å². The number of nitrogens with two attached hydrogens (primary N) is 1. The predicted octanol–water partition coefficient (Wildman–Crippen LogP) is 1.05. The molecule has 4 heteroatoms. The molecule has 0 aromatic carbocycles. The van der Waals surface area contributed by atoms with Crippen LogP contribution in [-0.2, 0) is 0 Å². The van der Waals surface area contributed by atoms with Crippen molar-refractivity contribution in [2.75, 3.05) is 5.73 Å². The van der Waals surface area contributed by atoms with Crippen LogP contribution in [0.25, 0.3) is 0 Å². The first kappa shape index (κ1) is 8.64. The molecule has 0 aliphatic rings. The first-order valence-electron chi connectivity index (χ1n) is 3.65. The lowest BCUT2D eigenvalue weighted by Gasteiger charge is -2.04. The first-order chi connectivity index (χ1) is 5.52. The molecule has 0 saturated carbocycles. The highest BCUT2D eigenvalue weighted by atomic mass is 16.4. The molecular formula is C8H11NO3. The summed E-state index contributed by atoms with van der Waals surface area (Å²) in [6, 6.07) is 1.36. The number of hydrogen-bond acceptors (Lipinski definition) is 4. The molecule has 3 N–H and O–H groups in total. The lowest BCUT2D eigenvalue weighted by molar-refractivity contribution is 0.416. The second kappa shape index (κ2) is 2.89. The minimum absolute atomic E-state index is 0.0594. The van der Waals surface area contributed by atoms with Crippen LogP contribution in [0.5, 0.6) is 5.75 Å². The zero-order valence-corrected chi connectivity index (χ0v) is 7.00. The third-order valence-corrected chi connectivity index (χ3v) is 1.55. The minimum atomic E-state index is -0.682. The van der Waals surface area contributed by atoms with Crippen molar-refractivity contribution in [3.63, 3.8) is 0 Å². The molecule has 1 aromatic heterocycles. The van der Waals surface area contributed by atoms with Gasteiger partial charge in [0.15, 0.2) is 5.69 Å². The standard InChI is InChI=1S/C8H11NO3/c1-4(2)6-3-5(10)7(9)8(11)12-6/h3-4,10H,9H2,1-2H3. The second-order valence-corrected chi connectivity index (χ2v) is 2.89. The van der Waals surface area contributed by atoms with Crippen molar-refractivity contribution in [1.29, 1.82) is 0 Å². The minimum Gasteiger partial charge on any atom is -0.505 e. The number of hydrogen-bond donors (Lipinski definition) is 2. The van der Waals surface area contributed by atoms with Gasteiger partial charge in [-0.1, -0.05) is 13.8 Å². The van der Waals surface area contributed by atoms with Gasteiger partial charge in [0.1, 0.15) is 11.5 Å². The van der Waals surface area contributed by atoms with Gasteiger partial charge in [0.2, 0.25) is 0 Å². The van der Waals surface area contributed by atoms with Crippen molar-refractivity contribution in [2.24, 2.45) is 0 Å². The Balaban J connectivity index is 3.31. The highest BCUT2D eigenvalue weighted by Crippen LogP contribution is 2.21. The lowest BCUT2D eigenvalue weighted by Crippen LogP contribution is -2.08. The van der Waals surface area contributed by atoms with Gasteiger partial charge in [0.05, 0.1) is 0 Å². The fourth-order valence-corrected chi connectivity index (χ4v) is 0.793. The molecule has 0 aliphatic carbocycles. The quantitative estimate of drug-likeness (QED) is 0.658. The van der Waals surface area contributed by atoms with E-state index in [0.29, 0.717) is 5.76 Å². The summed E-state index contributed by atoms with van der Waals surface area (Å²) in [5.74, 6) is 0.283. The van der Waals surface area contributed by atoms with E-state index >= 15 is 0 Å². The molecule has 12 heavy (non-hydrogen) atoms. The van der Waals surface area contributed by atoms with Gasteiger partial charge in [-0.2, -0.15) is 0 Å². The average Bonchev–Trinajstić information content (AvgIpc) is 1.99. The predicted molar refractivity (Wildman–Crippen MR) is 45.1 cm³/mol. The Labute approximate surface area is 69.6 Å². The van der Waals surface area contributed by atoms with Crippen molar-refractivity contribution in [1.82, 2.24) is 0 Å². The monoisotopic (exact) mass is 169 g/mol. The maximum atomic E-state index is 10.9. The van der Waals surface area contributed by atoms with Crippen molar-refractivity contribution in [2.45, 2.75) is 19.8 Å². The number of aromatic hydroxyl groups is 1. The molecule has 0 saturated heterocycles. The fraction of sp³-hybridized carbons (Fsp3) is 0.375. The Morgan fingerprint density at radius 2 is 2.17 bits per heavy atom. The van der Waals surface area contributed by atoms with Gasteiger partial charge in [-0.3, -0.25) is 0 Å². The summed E-state index contributed by atoms with van der Waals surface area (Å²) in [6.45, 7) is 3.71. The Kier molecular flexibility index (Phi) is 2.08. The van der Waals surface area contributed by atoms with Gasteiger partial charge in [0.25, 0.3) is 0 Å². The van der Waals surface area contributed by atoms with Crippen LogP contribution in [-0.4, -0.2) is 5.11 Å². The van der Waals surface area contributed by atoms with Crippen molar-refractivity contribution in [3.8, 4) is 5.75 Å². The fourth-order valence-electron chi connectivity index (χ4n) is 0.793. The number of rotatable bonds is 1. The normalized spacial score (nSPS) is 10.6. The molecule has 1 heterocycles. The molecule has 66 valence electrons. The number of anilines is 1. The Morgan fingerprint density at radius 3 is 2.58 bits per heavy atom. The smallest absolute Gasteiger partial charge is 0.363 e. The summed E-state index contributed by atoms with van der Waals surface area (Å²) in [6.07, 6.45) is 0. The van der Waals surface area contributed by atoms with Gasteiger partial charge < -0.3 is 15.3 Å². The van der Waals surface area contributed by atoms with Gasteiger partial charge in [0, 0.05) is 12.0 Å². The summed E-state index contributed by atoms with van der Waals surface area (Å²) in [5.41, 5.74) is 4.28. The van der Waals surface area contributed by atoms with E-state index in [0.717, 1.165) is 0 Å². The van der Waals surface area contributed by atoms with Gasteiger partial charge in [-0.05, 0) is 0 Å². The Hall–Kier alpha value is -1.45. The first-order valence-corrected chi connectivity index (χ1v) is 3.65. The van der Waals surface area contributed by atoms with E-state index in [1.165, 1.54) is 6.07 Å². The second-order valence-electron chi connectivity index (χ2n) is 2.89. The summed E-state index contributed by atoms with van der Waals surface area (Å²) < 4.78 is 4.81. The van der Waals surface area contributed by atoms with Crippen LogP contribution in [0.4, 0.5) is 5.69 Å². The molecule has 0 atom stereocenters. The summed E-state index contributed by atoms with van der Waals surface area (Å²) in [4.78, 5) is 10.9. The van der Waals surface area contributed by atoms with E-state index in [1.54, 1.807) is 0 Å². The molecule has 0 radical (unpaired) electrons. The van der Waals surface area contributed by atoms with Crippen LogP contribution < -0.4 is 11.4 Å². The SMILES string of the molecule is CC(C)c1cc(O)c(N)c(=O)o1. The van der Waals surface area contributed by atoms with Gasteiger partial charge >= 0.3 is 5.63 Å². The summed E-state index contributed by atoms with van der Waals surface area (Å²) in [7, 11) is 0. The maximum absolute atomic E-state index is 10.9. The topological polar surface area (TPSA) is 76.5 Å². The van der Waals surface area contributed by atoms with E-state index in [1.807, 2.05) is 13.8 Å². The van der Waals surface area contributed by atoms with E-state index in [4.69, 9.17) is 15.3 Å². The average molecular weight is 169 g/mol. The van der Waals surface area contributed by atoms with Crippen LogP contribution in [0.1, 0.15) is 25.5 Å². The molecule has 0 aliphatic heterocycles. The molecule has 0 spiro atoms. The largest absolute Gasteiger partial charge is 0.505 e. The van der Waals surface area contributed by atoms with E-state index < -0.39 is 5.63 Å². The van der Waals surface area contributed by atoms with Crippen LogP contribution in [0.2, 0.25) is 0 Å². The zero-order chi connectivity index (χ0) is 9.30. The third-order valence-electron chi connectivity index (χ3n) is 1.55.